The first-order chi connectivity index (χ1) is 10.7. The molecule has 2 rings (SSSR count). The second-order valence-electron chi connectivity index (χ2n) is 5.29. The van der Waals surface area contributed by atoms with Crippen LogP contribution in [0.25, 0.3) is 0 Å². The first-order valence-corrected chi connectivity index (χ1v) is 7.62. The van der Waals surface area contributed by atoms with Crippen molar-refractivity contribution in [2.75, 3.05) is 38.6 Å². The summed E-state index contributed by atoms with van der Waals surface area (Å²) in [4.78, 5) is 25.5. The standard InChI is InChI=1S/C16H23N3O3.ClH/c17-14-4-2-1-3-13(14)5-6-15(20)18-8-7-16(21)19-9-11-22-12-10-19;/h1-4H,5-12,17H2,(H,18,20);1H. The van der Waals surface area contributed by atoms with Crippen LogP contribution in [0.3, 0.4) is 0 Å². The average molecular weight is 342 g/mol. The Kier molecular flexibility index (Phi) is 8.43. The van der Waals surface area contributed by atoms with Crippen LogP contribution in [-0.2, 0) is 20.7 Å². The maximum absolute atomic E-state index is 11.9. The van der Waals surface area contributed by atoms with Crippen molar-refractivity contribution in [2.45, 2.75) is 19.3 Å². The Morgan fingerprint density at radius 2 is 1.87 bits per heavy atom. The lowest BCUT2D eigenvalue weighted by Gasteiger charge is -2.26. The van der Waals surface area contributed by atoms with E-state index >= 15 is 0 Å². The molecule has 2 amide bonds. The lowest BCUT2D eigenvalue weighted by Crippen LogP contribution is -2.42. The number of carbonyl (C=O) groups excluding carboxylic acids is 2. The van der Waals surface area contributed by atoms with Crippen molar-refractivity contribution in [1.82, 2.24) is 10.2 Å². The summed E-state index contributed by atoms with van der Waals surface area (Å²) < 4.78 is 5.20. The fourth-order valence-electron chi connectivity index (χ4n) is 2.38. The maximum atomic E-state index is 11.9. The SMILES string of the molecule is Cl.Nc1ccccc1CCC(=O)NCCC(=O)N1CCOCC1. The molecule has 1 aliphatic heterocycles. The number of amides is 2. The number of nitrogens with one attached hydrogen (secondary N) is 1. The van der Waals surface area contributed by atoms with E-state index in [2.05, 4.69) is 5.32 Å². The zero-order chi connectivity index (χ0) is 15.8. The molecule has 0 atom stereocenters. The lowest BCUT2D eigenvalue weighted by molar-refractivity contribution is -0.135. The van der Waals surface area contributed by atoms with Crippen LogP contribution >= 0.6 is 12.4 Å². The summed E-state index contributed by atoms with van der Waals surface area (Å²) in [6.07, 6.45) is 1.31. The summed E-state index contributed by atoms with van der Waals surface area (Å²) in [6, 6.07) is 7.53. The molecule has 0 spiro atoms. The monoisotopic (exact) mass is 341 g/mol. The minimum atomic E-state index is -0.0574. The summed E-state index contributed by atoms with van der Waals surface area (Å²) in [5, 5.41) is 2.78. The van der Waals surface area contributed by atoms with Crippen molar-refractivity contribution in [3.8, 4) is 0 Å². The molecule has 6 nitrogen and oxygen atoms in total. The first-order valence-electron chi connectivity index (χ1n) is 7.62. The molecule has 0 bridgehead atoms. The molecular weight excluding hydrogens is 318 g/mol. The number of hydrogen-bond acceptors (Lipinski definition) is 4. The molecule has 1 aromatic carbocycles. The maximum Gasteiger partial charge on any atom is 0.224 e. The second kappa shape index (κ2) is 10.1. The minimum Gasteiger partial charge on any atom is -0.399 e. The topological polar surface area (TPSA) is 84.7 Å². The number of nitrogens with zero attached hydrogens (tertiary/aromatic N) is 1. The molecule has 0 unspecified atom stereocenters. The van der Waals surface area contributed by atoms with Crippen LogP contribution < -0.4 is 11.1 Å². The zero-order valence-corrected chi connectivity index (χ0v) is 13.9. The van der Waals surface area contributed by atoms with Crippen molar-refractivity contribution in [1.29, 1.82) is 0 Å². The molecule has 7 heteroatoms. The number of morpholine rings is 1. The molecule has 23 heavy (non-hydrogen) atoms. The summed E-state index contributed by atoms with van der Waals surface area (Å²) >= 11 is 0. The normalized spacial score (nSPS) is 14.0. The van der Waals surface area contributed by atoms with Crippen molar-refractivity contribution in [3.63, 3.8) is 0 Å². The Bertz CT molecular complexity index is 519. The summed E-state index contributed by atoms with van der Waals surface area (Å²) in [5.41, 5.74) is 7.52. The third kappa shape index (κ3) is 6.46. The van der Waals surface area contributed by atoms with E-state index in [-0.39, 0.29) is 24.2 Å². The van der Waals surface area contributed by atoms with E-state index in [1.807, 2.05) is 24.3 Å². The van der Waals surface area contributed by atoms with Gasteiger partial charge < -0.3 is 20.7 Å². The van der Waals surface area contributed by atoms with E-state index in [0.717, 1.165) is 5.56 Å². The van der Waals surface area contributed by atoms with Gasteiger partial charge in [0.05, 0.1) is 13.2 Å². The third-order valence-electron chi connectivity index (χ3n) is 3.70. The number of hydrogen-bond donors (Lipinski definition) is 2. The fourth-order valence-corrected chi connectivity index (χ4v) is 2.38. The highest BCUT2D eigenvalue weighted by Crippen LogP contribution is 2.12. The van der Waals surface area contributed by atoms with Crippen molar-refractivity contribution in [3.05, 3.63) is 29.8 Å². The predicted octanol–water partition coefficient (Wildman–Crippen LogP) is 0.988. The molecule has 1 heterocycles. The molecule has 1 fully saturated rings. The third-order valence-corrected chi connectivity index (χ3v) is 3.70. The largest absolute Gasteiger partial charge is 0.399 e. The number of benzene rings is 1. The Labute approximate surface area is 142 Å². The summed E-state index contributed by atoms with van der Waals surface area (Å²) in [5.74, 6) is 0.00827. The highest BCUT2D eigenvalue weighted by atomic mass is 35.5. The number of anilines is 1. The highest BCUT2D eigenvalue weighted by Gasteiger charge is 2.16. The summed E-state index contributed by atoms with van der Waals surface area (Å²) in [7, 11) is 0. The van der Waals surface area contributed by atoms with Crippen molar-refractivity contribution < 1.29 is 14.3 Å². The van der Waals surface area contributed by atoms with Crippen LogP contribution in [0.5, 0.6) is 0 Å². The van der Waals surface area contributed by atoms with Gasteiger partial charge in [-0.25, -0.2) is 0 Å². The number of nitrogens with two attached hydrogens (primary N) is 1. The molecule has 1 aliphatic rings. The molecule has 128 valence electrons. The molecule has 0 aromatic heterocycles. The number of nitrogen functional groups attached to an aromatic ring is 1. The number of para-hydroxylation sites is 1. The minimum absolute atomic E-state index is 0. The lowest BCUT2D eigenvalue weighted by atomic mass is 10.1. The number of carbonyl (C=O) groups is 2. The van der Waals surface area contributed by atoms with Crippen LogP contribution in [0.1, 0.15) is 18.4 Å². The van der Waals surface area contributed by atoms with Gasteiger partial charge in [0.15, 0.2) is 0 Å². The van der Waals surface area contributed by atoms with E-state index in [9.17, 15) is 9.59 Å². The Morgan fingerprint density at radius 3 is 2.57 bits per heavy atom. The summed E-state index contributed by atoms with van der Waals surface area (Å²) in [6.45, 7) is 2.84. The first kappa shape index (κ1) is 19.3. The van der Waals surface area contributed by atoms with E-state index in [1.165, 1.54) is 0 Å². The average Bonchev–Trinajstić information content (AvgIpc) is 2.55. The van der Waals surface area contributed by atoms with Crippen LogP contribution in [0.4, 0.5) is 5.69 Å². The predicted molar refractivity (Wildman–Crippen MR) is 91.4 cm³/mol. The Hall–Kier alpha value is -1.79. The highest BCUT2D eigenvalue weighted by molar-refractivity contribution is 5.85. The number of rotatable bonds is 6. The van der Waals surface area contributed by atoms with Gasteiger partial charge >= 0.3 is 0 Å². The Balaban J connectivity index is 0.00000264. The molecule has 1 saturated heterocycles. The van der Waals surface area contributed by atoms with E-state index in [0.29, 0.717) is 57.8 Å². The molecule has 0 aliphatic carbocycles. The van der Waals surface area contributed by atoms with E-state index in [4.69, 9.17) is 10.5 Å². The van der Waals surface area contributed by atoms with Gasteiger partial charge in [-0.3, -0.25) is 9.59 Å². The van der Waals surface area contributed by atoms with Gasteiger partial charge in [-0.15, -0.1) is 12.4 Å². The quantitative estimate of drug-likeness (QED) is 0.756. The number of ether oxygens (including phenoxy) is 1. The molecule has 0 saturated carbocycles. The van der Waals surface area contributed by atoms with Gasteiger partial charge in [0.25, 0.3) is 0 Å². The van der Waals surface area contributed by atoms with Gasteiger partial charge in [-0.2, -0.15) is 0 Å². The van der Waals surface area contributed by atoms with Crippen LogP contribution in [-0.4, -0.2) is 49.6 Å². The van der Waals surface area contributed by atoms with Crippen LogP contribution in [0.2, 0.25) is 0 Å². The van der Waals surface area contributed by atoms with Crippen molar-refractivity contribution in [2.24, 2.45) is 0 Å². The Morgan fingerprint density at radius 1 is 1.17 bits per heavy atom. The van der Waals surface area contributed by atoms with Gasteiger partial charge in [0.2, 0.25) is 11.8 Å². The molecule has 3 N–H and O–H groups in total. The van der Waals surface area contributed by atoms with E-state index < -0.39 is 0 Å². The van der Waals surface area contributed by atoms with Crippen molar-refractivity contribution >= 4 is 29.9 Å². The van der Waals surface area contributed by atoms with Crippen LogP contribution in [0.15, 0.2) is 24.3 Å². The van der Waals surface area contributed by atoms with Gasteiger partial charge in [-0.1, -0.05) is 18.2 Å². The number of halogens is 1. The fraction of sp³-hybridized carbons (Fsp3) is 0.500. The van der Waals surface area contributed by atoms with Gasteiger partial charge in [-0.05, 0) is 18.1 Å². The molecule has 1 aromatic rings. The zero-order valence-electron chi connectivity index (χ0n) is 13.1. The van der Waals surface area contributed by atoms with E-state index in [1.54, 1.807) is 4.90 Å². The smallest absolute Gasteiger partial charge is 0.224 e. The number of aryl methyl sites for hydroxylation is 1. The van der Waals surface area contributed by atoms with Gasteiger partial charge in [0.1, 0.15) is 0 Å². The van der Waals surface area contributed by atoms with Gasteiger partial charge in [0, 0.05) is 38.2 Å². The van der Waals surface area contributed by atoms with Crippen LogP contribution in [0, 0.1) is 0 Å². The second-order valence-corrected chi connectivity index (χ2v) is 5.29. The molecular formula is C16H24ClN3O3. The molecule has 0 radical (unpaired) electrons.